The Kier molecular flexibility index (Phi) is 3.68. The molecule has 0 aliphatic carbocycles. The molecule has 0 atom stereocenters. The van der Waals surface area contributed by atoms with E-state index in [-0.39, 0.29) is 6.15 Å². The van der Waals surface area contributed by atoms with Gasteiger partial charge in [0.15, 0.2) is 0 Å². The Morgan fingerprint density at radius 1 is 1.17 bits per heavy atom. The van der Waals surface area contributed by atoms with Crippen molar-refractivity contribution in [2.45, 2.75) is 19.6 Å². The first-order valence-electron chi connectivity index (χ1n) is 1.70. The predicted molar refractivity (Wildman–Crippen MR) is 29.3 cm³/mol. The SMILES string of the molecule is C[Si](C)(C)[O-].[NH4+]. The van der Waals surface area contributed by atoms with Crippen LogP contribution in [0.1, 0.15) is 0 Å². The maximum absolute atomic E-state index is 10.2. The van der Waals surface area contributed by atoms with E-state index in [1.807, 2.05) is 0 Å². The Bertz CT molecular complexity index is 26.3. The summed E-state index contributed by atoms with van der Waals surface area (Å²) < 4.78 is 0. The third kappa shape index (κ3) is 2170. The first-order valence-corrected chi connectivity index (χ1v) is 5.11. The van der Waals surface area contributed by atoms with Gasteiger partial charge in [-0.1, -0.05) is 28.0 Å². The van der Waals surface area contributed by atoms with Crippen LogP contribution in [0.4, 0.5) is 0 Å². The zero-order valence-electron chi connectivity index (χ0n) is 4.91. The molecule has 0 spiro atoms. The van der Waals surface area contributed by atoms with Gasteiger partial charge in [0.1, 0.15) is 0 Å². The molecule has 6 heavy (non-hydrogen) atoms. The van der Waals surface area contributed by atoms with E-state index in [4.69, 9.17) is 0 Å². The molecule has 4 N–H and O–H groups in total. The summed E-state index contributed by atoms with van der Waals surface area (Å²) in [5.41, 5.74) is 0. The van der Waals surface area contributed by atoms with Crippen LogP contribution in [0.3, 0.4) is 0 Å². The van der Waals surface area contributed by atoms with E-state index in [0.29, 0.717) is 0 Å². The second-order valence-corrected chi connectivity index (χ2v) is 6.34. The van der Waals surface area contributed by atoms with E-state index < -0.39 is 8.32 Å². The van der Waals surface area contributed by atoms with Gasteiger partial charge in [0.05, 0.1) is 0 Å². The first kappa shape index (κ1) is 9.46. The molecule has 0 aromatic rings. The minimum absolute atomic E-state index is 0. The van der Waals surface area contributed by atoms with Crippen molar-refractivity contribution in [3.8, 4) is 0 Å². The molecule has 0 aliphatic rings. The molecule has 3 heteroatoms. The molecular formula is C3H13NOSi. The fourth-order valence-corrected chi connectivity index (χ4v) is 0. The second kappa shape index (κ2) is 2.33. The van der Waals surface area contributed by atoms with Gasteiger partial charge in [-0.25, -0.2) is 0 Å². The van der Waals surface area contributed by atoms with Crippen LogP contribution in [0.25, 0.3) is 0 Å². The van der Waals surface area contributed by atoms with Gasteiger partial charge in [0, 0.05) is 0 Å². The van der Waals surface area contributed by atoms with Gasteiger partial charge < -0.3 is 10.9 Å². The summed E-state index contributed by atoms with van der Waals surface area (Å²) >= 11 is 0. The summed E-state index contributed by atoms with van der Waals surface area (Å²) in [6.45, 7) is 5.31. The molecule has 0 aliphatic heterocycles. The van der Waals surface area contributed by atoms with Gasteiger partial charge in [-0.15, -0.1) is 0 Å². The summed E-state index contributed by atoms with van der Waals surface area (Å²) in [4.78, 5) is 10.2. The normalized spacial score (nSPS) is 10.0. The first-order chi connectivity index (χ1) is 2.00. The van der Waals surface area contributed by atoms with Crippen molar-refractivity contribution in [1.82, 2.24) is 6.15 Å². The molecular weight excluding hydrogens is 94.1 g/mol. The Balaban J connectivity index is 0. The maximum Gasteiger partial charge on any atom is -0.0576 e. The highest BCUT2D eigenvalue weighted by Crippen LogP contribution is 1.82. The molecule has 0 bridgehead atoms. The molecule has 0 amide bonds. The van der Waals surface area contributed by atoms with Crippen molar-refractivity contribution in [2.75, 3.05) is 0 Å². The standard InChI is InChI=1S/C3H9OSi.H3N/c1-5(2,3)4;/h1-3H3;1H3/q-1;/p+1. The second-order valence-electron chi connectivity index (χ2n) is 2.11. The van der Waals surface area contributed by atoms with E-state index in [9.17, 15) is 4.80 Å². The molecule has 0 aromatic heterocycles. The fraction of sp³-hybridized carbons (Fsp3) is 1.00. The molecule has 0 heterocycles. The van der Waals surface area contributed by atoms with E-state index in [1.54, 1.807) is 19.6 Å². The van der Waals surface area contributed by atoms with Gasteiger partial charge >= 0.3 is 0 Å². The van der Waals surface area contributed by atoms with Gasteiger partial charge in [-0.05, 0) is 0 Å². The van der Waals surface area contributed by atoms with Crippen LogP contribution in [0.2, 0.25) is 19.6 Å². The molecule has 40 valence electrons. The van der Waals surface area contributed by atoms with Crippen LogP contribution in [0.5, 0.6) is 0 Å². The van der Waals surface area contributed by atoms with Crippen molar-refractivity contribution in [3.63, 3.8) is 0 Å². The van der Waals surface area contributed by atoms with E-state index in [2.05, 4.69) is 0 Å². The molecule has 0 saturated carbocycles. The summed E-state index contributed by atoms with van der Waals surface area (Å²) in [7, 11) is -1.86. The highest BCUT2D eigenvalue weighted by atomic mass is 28.4. The molecule has 0 rings (SSSR count). The molecule has 0 aromatic carbocycles. The van der Waals surface area contributed by atoms with Gasteiger partial charge in [-0.2, -0.15) is 0 Å². The average molecular weight is 107 g/mol. The topological polar surface area (TPSA) is 59.6 Å². The van der Waals surface area contributed by atoms with E-state index in [1.165, 1.54) is 0 Å². The minimum Gasteiger partial charge on any atom is -0.859 e. The largest absolute Gasteiger partial charge is 0.859 e. The van der Waals surface area contributed by atoms with Crippen molar-refractivity contribution < 1.29 is 4.80 Å². The summed E-state index contributed by atoms with van der Waals surface area (Å²) in [5, 5.41) is 0. The summed E-state index contributed by atoms with van der Waals surface area (Å²) in [6, 6.07) is 0. The van der Waals surface area contributed by atoms with Crippen LogP contribution in [0, 0.1) is 0 Å². The predicted octanol–water partition coefficient (Wildman–Crippen LogP) is 0.558. The highest BCUT2D eigenvalue weighted by molar-refractivity contribution is 6.66. The quantitative estimate of drug-likeness (QED) is 0.452. The molecule has 0 fully saturated rings. The lowest BCUT2D eigenvalue weighted by molar-refractivity contribution is -0.203. The van der Waals surface area contributed by atoms with Gasteiger partial charge in [-0.3, -0.25) is 0 Å². The average Bonchev–Trinajstić information content (AvgIpc) is 0.722. The van der Waals surface area contributed by atoms with Crippen molar-refractivity contribution in [2.24, 2.45) is 0 Å². The number of quaternary nitrogens is 1. The number of hydrogen-bond acceptors (Lipinski definition) is 1. The van der Waals surface area contributed by atoms with Crippen molar-refractivity contribution in [3.05, 3.63) is 0 Å². The van der Waals surface area contributed by atoms with Gasteiger partial charge in [0.25, 0.3) is 0 Å². The lowest BCUT2D eigenvalue weighted by Gasteiger charge is -2.21. The lowest BCUT2D eigenvalue weighted by Crippen LogP contribution is -2.38. The van der Waals surface area contributed by atoms with Crippen LogP contribution in [-0.4, -0.2) is 8.32 Å². The Morgan fingerprint density at radius 2 is 1.17 bits per heavy atom. The number of rotatable bonds is 0. The van der Waals surface area contributed by atoms with E-state index in [0.717, 1.165) is 0 Å². The van der Waals surface area contributed by atoms with Crippen LogP contribution in [-0.2, 0) is 0 Å². The molecule has 2 nitrogen and oxygen atoms in total. The smallest absolute Gasteiger partial charge is 0.0576 e. The minimum atomic E-state index is -1.86. The van der Waals surface area contributed by atoms with Crippen molar-refractivity contribution >= 4 is 8.32 Å². The Hall–Kier alpha value is 0.137. The number of hydrogen-bond donors (Lipinski definition) is 1. The fourth-order valence-electron chi connectivity index (χ4n) is 0. The summed E-state index contributed by atoms with van der Waals surface area (Å²) in [5.74, 6) is 0. The zero-order valence-corrected chi connectivity index (χ0v) is 5.91. The lowest BCUT2D eigenvalue weighted by atomic mass is 11.8. The Labute approximate surface area is 39.9 Å². The van der Waals surface area contributed by atoms with Crippen LogP contribution in [0.15, 0.2) is 0 Å². The summed E-state index contributed by atoms with van der Waals surface area (Å²) in [6.07, 6.45) is 0. The monoisotopic (exact) mass is 107 g/mol. The Morgan fingerprint density at radius 3 is 1.17 bits per heavy atom. The van der Waals surface area contributed by atoms with Crippen LogP contribution < -0.4 is 10.9 Å². The molecule has 0 unspecified atom stereocenters. The van der Waals surface area contributed by atoms with E-state index >= 15 is 0 Å². The molecule has 0 radical (unpaired) electrons. The van der Waals surface area contributed by atoms with Crippen molar-refractivity contribution in [1.29, 1.82) is 0 Å². The van der Waals surface area contributed by atoms with Gasteiger partial charge in [0.2, 0.25) is 0 Å². The third-order valence-corrected chi connectivity index (χ3v) is 0. The third-order valence-electron chi connectivity index (χ3n) is 0. The van der Waals surface area contributed by atoms with Crippen LogP contribution >= 0.6 is 0 Å². The highest BCUT2D eigenvalue weighted by Gasteiger charge is 1.86. The maximum atomic E-state index is 10.2. The zero-order chi connectivity index (χ0) is 4.50. The molecule has 0 saturated heterocycles.